The second kappa shape index (κ2) is 5.76. The number of fused-ring (bicyclic) bond motifs is 3. The topological polar surface area (TPSA) is 89.3 Å². The molecule has 0 unspecified atom stereocenters. The maximum Gasteiger partial charge on any atom is 0.339 e. The van der Waals surface area contributed by atoms with E-state index in [4.69, 9.17) is 13.9 Å². The Bertz CT molecular complexity index is 1040. The predicted molar refractivity (Wildman–Crippen MR) is 114 cm³/mol. The summed E-state index contributed by atoms with van der Waals surface area (Å²) in [6.45, 7) is 10.5. The third-order valence-electron chi connectivity index (χ3n) is 10.6. The highest BCUT2D eigenvalue weighted by molar-refractivity contribution is 5.95. The second-order valence-corrected chi connectivity index (χ2v) is 12.0. The first kappa shape index (κ1) is 20.7. The molecule has 6 rings (SSSR count). The van der Waals surface area contributed by atoms with Crippen molar-refractivity contribution in [2.75, 3.05) is 0 Å². The van der Waals surface area contributed by atoms with Crippen LogP contribution in [-0.2, 0) is 19.1 Å². The molecule has 1 aromatic rings. The number of esters is 1. The van der Waals surface area contributed by atoms with Gasteiger partial charge >= 0.3 is 5.97 Å². The number of carbonyl (C=O) groups excluding carboxylic acids is 2. The molecule has 6 nitrogen and oxygen atoms in total. The Balaban J connectivity index is 1.52. The third kappa shape index (κ3) is 1.98. The van der Waals surface area contributed by atoms with Crippen molar-refractivity contribution in [2.45, 2.75) is 77.8 Å². The van der Waals surface area contributed by atoms with Crippen LogP contribution < -0.4 is 0 Å². The van der Waals surface area contributed by atoms with Gasteiger partial charge in [0.05, 0.1) is 18.6 Å². The zero-order valence-corrected chi connectivity index (χ0v) is 19.4. The van der Waals surface area contributed by atoms with Gasteiger partial charge in [-0.25, -0.2) is 4.79 Å². The highest BCUT2D eigenvalue weighted by Gasteiger charge is 2.87. The average Bonchev–Trinajstić information content (AvgIpc) is 3.30. The molecule has 1 N–H and O–H groups in total. The fourth-order valence-electron chi connectivity index (χ4n) is 8.86. The standard InChI is InChI=1S/C26H32O6/c1-22(2)16-12-18(28)25(5)15(23(16,3)9-7-17(22)27)6-10-24(4)19(14-8-11-30-13-14)31-21(29)20-26(24,25)32-20/h7-9,11,13,15-16,18-20,28H,6,10,12H2,1-5H3/t15-,16+,18-,19+,20-,23+,24+,25+,26+/m1/s1. The number of aliphatic hydroxyl groups is 1. The lowest BCUT2D eigenvalue weighted by atomic mass is 9.36. The van der Waals surface area contributed by atoms with Gasteiger partial charge in [-0.15, -0.1) is 0 Å². The Morgan fingerprint density at radius 3 is 2.50 bits per heavy atom. The zero-order valence-electron chi connectivity index (χ0n) is 19.4. The van der Waals surface area contributed by atoms with Gasteiger partial charge in [0.25, 0.3) is 0 Å². The maximum absolute atomic E-state index is 13.0. The van der Waals surface area contributed by atoms with Crippen molar-refractivity contribution in [1.82, 2.24) is 0 Å². The number of hydrogen-bond acceptors (Lipinski definition) is 6. The summed E-state index contributed by atoms with van der Waals surface area (Å²) in [6, 6.07) is 1.85. The van der Waals surface area contributed by atoms with Gasteiger partial charge in [0, 0.05) is 21.8 Å². The lowest BCUT2D eigenvalue weighted by Gasteiger charge is -2.68. The molecule has 0 amide bonds. The smallest absolute Gasteiger partial charge is 0.339 e. The Morgan fingerprint density at radius 2 is 1.81 bits per heavy atom. The fourth-order valence-corrected chi connectivity index (χ4v) is 8.86. The van der Waals surface area contributed by atoms with Crippen LogP contribution >= 0.6 is 0 Å². The third-order valence-corrected chi connectivity index (χ3v) is 10.6. The number of furan rings is 1. The van der Waals surface area contributed by atoms with Gasteiger partial charge in [0.15, 0.2) is 11.9 Å². The summed E-state index contributed by atoms with van der Waals surface area (Å²) in [5.41, 5.74) is -1.95. The maximum atomic E-state index is 13.0. The first-order valence-electron chi connectivity index (χ1n) is 11.8. The van der Waals surface area contributed by atoms with Gasteiger partial charge in [-0.1, -0.05) is 40.7 Å². The fraction of sp³-hybridized carbons (Fsp3) is 0.692. The summed E-state index contributed by atoms with van der Waals surface area (Å²) in [5.74, 6) is -0.138. The molecule has 9 atom stereocenters. The largest absolute Gasteiger partial charge is 0.472 e. The van der Waals surface area contributed by atoms with E-state index < -0.39 is 40.2 Å². The molecule has 2 saturated heterocycles. The van der Waals surface area contributed by atoms with Gasteiger partial charge in [-0.2, -0.15) is 0 Å². The molecule has 4 fully saturated rings. The number of hydrogen-bond donors (Lipinski definition) is 1. The molecule has 5 aliphatic rings. The molecule has 2 saturated carbocycles. The van der Waals surface area contributed by atoms with Crippen molar-refractivity contribution < 1.29 is 28.6 Å². The quantitative estimate of drug-likeness (QED) is 0.525. The molecule has 0 bridgehead atoms. The van der Waals surface area contributed by atoms with Crippen molar-refractivity contribution in [3.8, 4) is 0 Å². The van der Waals surface area contributed by atoms with E-state index in [1.54, 1.807) is 18.6 Å². The molecule has 1 spiro atoms. The van der Waals surface area contributed by atoms with Crippen molar-refractivity contribution in [1.29, 1.82) is 0 Å². The molecule has 0 aromatic carbocycles. The summed E-state index contributed by atoms with van der Waals surface area (Å²) < 4.78 is 17.6. The van der Waals surface area contributed by atoms with Gasteiger partial charge in [-0.3, -0.25) is 4.79 Å². The van der Waals surface area contributed by atoms with E-state index in [0.29, 0.717) is 6.42 Å². The second-order valence-electron chi connectivity index (χ2n) is 12.0. The van der Waals surface area contributed by atoms with E-state index in [9.17, 15) is 14.7 Å². The van der Waals surface area contributed by atoms with E-state index in [0.717, 1.165) is 18.4 Å². The van der Waals surface area contributed by atoms with Crippen molar-refractivity contribution in [3.05, 3.63) is 36.3 Å². The predicted octanol–water partition coefficient (Wildman–Crippen LogP) is 3.99. The van der Waals surface area contributed by atoms with Crippen LogP contribution in [0.5, 0.6) is 0 Å². The van der Waals surface area contributed by atoms with Gasteiger partial charge < -0.3 is 19.0 Å². The Hall–Kier alpha value is -1.92. The number of ether oxygens (including phenoxy) is 2. The summed E-state index contributed by atoms with van der Waals surface area (Å²) in [6.07, 6.45) is 7.39. The minimum atomic E-state index is -0.812. The molecule has 32 heavy (non-hydrogen) atoms. The first-order valence-corrected chi connectivity index (χ1v) is 11.8. The molecule has 6 heteroatoms. The highest BCUT2D eigenvalue weighted by Crippen LogP contribution is 2.79. The van der Waals surface area contributed by atoms with Crippen molar-refractivity contribution in [2.24, 2.45) is 33.5 Å². The lowest BCUT2D eigenvalue weighted by molar-refractivity contribution is -0.246. The summed E-state index contributed by atoms with van der Waals surface area (Å²) >= 11 is 0. The number of cyclic esters (lactones) is 1. The van der Waals surface area contributed by atoms with Crippen LogP contribution in [0.1, 0.15) is 65.5 Å². The van der Waals surface area contributed by atoms with E-state index >= 15 is 0 Å². The molecule has 3 aliphatic carbocycles. The molecule has 2 aliphatic heterocycles. The summed E-state index contributed by atoms with van der Waals surface area (Å²) in [5, 5.41) is 11.8. The number of allylic oxidation sites excluding steroid dienone is 2. The van der Waals surface area contributed by atoms with Crippen LogP contribution in [0.25, 0.3) is 0 Å². The van der Waals surface area contributed by atoms with Gasteiger partial charge in [0.2, 0.25) is 0 Å². The van der Waals surface area contributed by atoms with E-state index in [1.165, 1.54) is 0 Å². The number of aliphatic hydroxyl groups excluding tert-OH is 1. The lowest BCUT2D eigenvalue weighted by Crippen LogP contribution is -2.72. The van der Waals surface area contributed by atoms with Crippen LogP contribution in [0.15, 0.2) is 35.2 Å². The monoisotopic (exact) mass is 440 g/mol. The first-order chi connectivity index (χ1) is 14.9. The molecule has 1 aromatic heterocycles. The molecule has 172 valence electrons. The van der Waals surface area contributed by atoms with Crippen molar-refractivity contribution >= 4 is 11.8 Å². The van der Waals surface area contributed by atoms with Crippen LogP contribution in [0, 0.1) is 33.5 Å². The van der Waals surface area contributed by atoms with E-state index in [1.807, 2.05) is 19.9 Å². The van der Waals surface area contributed by atoms with Crippen LogP contribution in [0.3, 0.4) is 0 Å². The van der Waals surface area contributed by atoms with Gasteiger partial charge in [-0.05, 0) is 48.7 Å². The Morgan fingerprint density at radius 1 is 1.06 bits per heavy atom. The van der Waals surface area contributed by atoms with Crippen molar-refractivity contribution in [3.63, 3.8) is 0 Å². The molecular weight excluding hydrogens is 408 g/mol. The molecule has 0 radical (unpaired) electrons. The number of ketones is 1. The zero-order chi connectivity index (χ0) is 22.9. The van der Waals surface area contributed by atoms with Crippen LogP contribution in [0.4, 0.5) is 0 Å². The van der Waals surface area contributed by atoms with E-state index in [-0.39, 0.29) is 29.0 Å². The molecule has 3 heterocycles. The molecular formula is C26H32O6. The highest BCUT2D eigenvalue weighted by atomic mass is 16.7. The number of carbonyl (C=O) groups is 2. The summed E-state index contributed by atoms with van der Waals surface area (Å²) in [4.78, 5) is 25.8. The van der Waals surface area contributed by atoms with Crippen LogP contribution in [0.2, 0.25) is 0 Å². The van der Waals surface area contributed by atoms with Crippen LogP contribution in [-0.4, -0.2) is 34.7 Å². The SMILES string of the molecule is CC1(C)C(=O)C=C[C@@]2(C)[C@H]3CC[C@@]4(C)[C@H](c5ccoc5)OC(=O)[C@H]5O[C@@]54[C@]3(C)[C@H](O)C[C@@H]12. The summed E-state index contributed by atoms with van der Waals surface area (Å²) in [7, 11) is 0. The average molecular weight is 441 g/mol. The minimum absolute atomic E-state index is 0.0266. The van der Waals surface area contributed by atoms with Gasteiger partial charge in [0.1, 0.15) is 11.7 Å². The number of rotatable bonds is 1. The minimum Gasteiger partial charge on any atom is -0.472 e. The normalized spacial score (nSPS) is 52.9. The number of epoxide rings is 1. The van der Waals surface area contributed by atoms with E-state index in [2.05, 4.69) is 26.8 Å². The Labute approximate surface area is 188 Å². The Kier molecular flexibility index (Phi) is 3.72.